The van der Waals surface area contributed by atoms with E-state index in [1.54, 1.807) is 6.92 Å². The maximum atomic E-state index is 10.9. The number of nitrogens with zero attached hydrogens (tertiary/aromatic N) is 1. The van der Waals surface area contributed by atoms with Gasteiger partial charge in [-0.1, -0.05) is 42.5 Å². The van der Waals surface area contributed by atoms with Crippen molar-refractivity contribution < 1.29 is 22.8 Å². The second kappa shape index (κ2) is 12.1. The number of anilines is 2. The number of hydrogen-bond acceptors (Lipinski definition) is 6. The topological polar surface area (TPSA) is 113 Å². The molecular weight excluding hydrogens is 428 g/mol. The van der Waals surface area contributed by atoms with Crippen LogP contribution in [0.15, 0.2) is 77.7 Å². The minimum atomic E-state index is -4.28. The summed E-state index contributed by atoms with van der Waals surface area (Å²) in [5, 5.41) is 9.20. The van der Waals surface area contributed by atoms with Crippen LogP contribution in [0.2, 0.25) is 0 Å². The first-order valence-corrected chi connectivity index (χ1v) is 11.6. The van der Waals surface area contributed by atoms with Crippen molar-refractivity contribution in [1.82, 2.24) is 0 Å². The molecule has 32 heavy (non-hydrogen) atoms. The fourth-order valence-corrected chi connectivity index (χ4v) is 3.72. The van der Waals surface area contributed by atoms with Crippen molar-refractivity contribution in [3.8, 4) is 5.75 Å². The van der Waals surface area contributed by atoms with Gasteiger partial charge >= 0.3 is 0 Å². The quantitative estimate of drug-likeness (QED) is 0.346. The Bertz CT molecular complexity index is 1090. The molecule has 0 fully saturated rings. The van der Waals surface area contributed by atoms with Gasteiger partial charge in [0.05, 0.1) is 13.2 Å². The fraction of sp³-hybridized carbons (Fsp3) is 0.250. The zero-order valence-corrected chi connectivity index (χ0v) is 19.1. The summed E-state index contributed by atoms with van der Waals surface area (Å²) in [7, 11) is -4.28. The molecule has 8 heteroatoms. The molecule has 3 aromatic carbocycles. The second-order valence-corrected chi connectivity index (χ2v) is 8.47. The van der Waals surface area contributed by atoms with Crippen molar-refractivity contribution in [3.05, 3.63) is 83.9 Å². The highest BCUT2D eigenvalue weighted by atomic mass is 32.2. The van der Waals surface area contributed by atoms with E-state index in [1.807, 2.05) is 18.2 Å². The van der Waals surface area contributed by atoms with Crippen LogP contribution < -0.4 is 15.4 Å². The van der Waals surface area contributed by atoms with E-state index in [0.29, 0.717) is 13.2 Å². The number of aliphatic hydroxyl groups excluding tert-OH is 1. The lowest BCUT2D eigenvalue weighted by atomic mass is 10.1. The van der Waals surface area contributed by atoms with E-state index < -0.39 is 10.1 Å². The smallest absolute Gasteiger partial charge is 0.298 e. The lowest BCUT2D eigenvalue weighted by Crippen LogP contribution is -2.26. The number of nitrogens with two attached hydrogens (primary N) is 1. The average molecular weight is 459 g/mol. The molecule has 0 unspecified atom stereocenters. The van der Waals surface area contributed by atoms with Gasteiger partial charge in [-0.3, -0.25) is 4.55 Å². The van der Waals surface area contributed by atoms with Gasteiger partial charge < -0.3 is 20.5 Å². The highest BCUT2D eigenvalue weighted by molar-refractivity contribution is 7.86. The highest BCUT2D eigenvalue weighted by Crippen LogP contribution is 2.25. The molecule has 0 heterocycles. The standard InChI is InChI=1S/C16H19NO.C8H11NO4S/c1-14-6-5-9-16(12-14)17(10-11-18)13-15-7-3-2-4-8-15;1-2-13-7-4-3-6(9)5-8(7)14(10,11)12/h2-9,12,18H,10-11,13H2,1H3;3-5H,2,9H2,1H3,(H,10,11,12). The van der Waals surface area contributed by atoms with E-state index in [4.69, 9.17) is 15.0 Å². The third-order valence-electron chi connectivity index (χ3n) is 4.50. The zero-order chi connectivity index (χ0) is 23.6. The van der Waals surface area contributed by atoms with Gasteiger partial charge in [-0.25, -0.2) is 0 Å². The summed E-state index contributed by atoms with van der Waals surface area (Å²) in [6.07, 6.45) is 0. The van der Waals surface area contributed by atoms with E-state index in [2.05, 4.69) is 48.2 Å². The Balaban J connectivity index is 0.000000235. The first kappa shape index (κ1) is 25.2. The van der Waals surface area contributed by atoms with Crippen LogP contribution >= 0.6 is 0 Å². The molecule has 0 bridgehead atoms. The first-order valence-electron chi connectivity index (χ1n) is 10.2. The average Bonchev–Trinajstić information content (AvgIpc) is 2.75. The molecule has 172 valence electrons. The predicted octanol–water partition coefficient (Wildman–Crippen LogP) is 3.91. The summed E-state index contributed by atoms with van der Waals surface area (Å²) in [5.74, 6) is 0.101. The van der Waals surface area contributed by atoms with Crippen LogP contribution in [0.4, 0.5) is 11.4 Å². The number of aryl methyl sites for hydroxylation is 1. The van der Waals surface area contributed by atoms with Crippen LogP contribution in [-0.2, 0) is 16.7 Å². The number of benzene rings is 3. The van der Waals surface area contributed by atoms with Gasteiger partial charge in [-0.2, -0.15) is 8.42 Å². The Morgan fingerprint density at radius 1 is 1.00 bits per heavy atom. The number of hydrogen-bond donors (Lipinski definition) is 3. The third-order valence-corrected chi connectivity index (χ3v) is 5.37. The van der Waals surface area contributed by atoms with Crippen LogP contribution in [0.1, 0.15) is 18.1 Å². The summed E-state index contributed by atoms with van der Waals surface area (Å²) in [5.41, 5.74) is 9.30. The monoisotopic (exact) mass is 458 g/mol. The van der Waals surface area contributed by atoms with Gasteiger partial charge in [0.1, 0.15) is 10.6 Å². The highest BCUT2D eigenvalue weighted by Gasteiger charge is 2.16. The summed E-state index contributed by atoms with van der Waals surface area (Å²) in [4.78, 5) is 1.89. The van der Waals surface area contributed by atoms with Crippen LogP contribution in [0, 0.1) is 6.92 Å². The largest absolute Gasteiger partial charge is 0.492 e. The molecule has 0 saturated carbocycles. The van der Waals surface area contributed by atoms with E-state index in [-0.39, 0.29) is 22.9 Å². The Hall–Kier alpha value is -3.07. The summed E-state index contributed by atoms with van der Waals surface area (Å²) < 4.78 is 35.7. The van der Waals surface area contributed by atoms with Crippen molar-refractivity contribution in [3.63, 3.8) is 0 Å². The molecule has 0 radical (unpaired) electrons. The minimum absolute atomic E-state index is 0.101. The van der Waals surface area contributed by atoms with Crippen LogP contribution in [0.3, 0.4) is 0 Å². The lowest BCUT2D eigenvalue weighted by Gasteiger charge is -2.24. The molecule has 0 spiro atoms. The molecule has 0 saturated heterocycles. The first-order chi connectivity index (χ1) is 15.2. The van der Waals surface area contributed by atoms with Crippen molar-refractivity contribution in [2.24, 2.45) is 0 Å². The predicted molar refractivity (Wildman–Crippen MR) is 128 cm³/mol. The van der Waals surface area contributed by atoms with Gasteiger partial charge in [0.15, 0.2) is 0 Å². The maximum Gasteiger partial charge on any atom is 0.298 e. The van der Waals surface area contributed by atoms with Gasteiger partial charge in [0.25, 0.3) is 10.1 Å². The van der Waals surface area contributed by atoms with Crippen LogP contribution in [-0.4, -0.2) is 37.8 Å². The lowest BCUT2D eigenvalue weighted by molar-refractivity contribution is 0.301. The van der Waals surface area contributed by atoms with Crippen LogP contribution in [0.5, 0.6) is 5.75 Å². The molecule has 7 nitrogen and oxygen atoms in total. The SMILES string of the molecule is CCOc1ccc(N)cc1S(=O)(=O)O.Cc1cccc(N(CCO)Cc2ccccc2)c1. The van der Waals surface area contributed by atoms with Gasteiger partial charge in [-0.15, -0.1) is 0 Å². The summed E-state index contributed by atoms with van der Waals surface area (Å²) in [6, 6.07) is 22.8. The zero-order valence-electron chi connectivity index (χ0n) is 18.3. The molecule has 4 N–H and O–H groups in total. The minimum Gasteiger partial charge on any atom is -0.492 e. The number of aliphatic hydroxyl groups is 1. The molecular formula is C24H30N2O5S. The number of ether oxygens (including phenoxy) is 1. The number of rotatable bonds is 8. The Kier molecular flexibility index (Phi) is 9.52. The van der Waals surface area contributed by atoms with Crippen molar-refractivity contribution in [1.29, 1.82) is 0 Å². The van der Waals surface area contributed by atoms with E-state index in [0.717, 1.165) is 18.3 Å². The second-order valence-electron chi connectivity index (χ2n) is 7.08. The third kappa shape index (κ3) is 7.88. The van der Waals surface area contributed by atoms with Gasteiger partial charge in [-0.05, 0) is 55.3 Å². The molecule has 0 aliphatic carbocycles. The van der Waals surface area contributed by atoms with Gasteiger partial charge in [0, 0.05) is 24.5 Å². The molecule has 3 aromatic rings. The van der Waals surface area contributed by atoms with Crippen molar-refractivity contribution in [2.45, 2.75) is 25.3 Å². The van der Waals surface area contributed by atoms with Crippen molar-refractivity contribution >= 4 is 21.5 Å². The van der Waals surface area contributed by atoms with Crippen LogP contribution in [0.25, 0.3) is 0 Å². The molecule has 0 atom stereocenters. The molecule has 0 aromatic heterocycles. The summed E-state index contributed by atoms with van der Waals surface area (Å²) in [6.45, 7) is 5.75. The summed E-state index contributed by atoms with van der Waals surface area (Å²) >= 11 is 0. The Morgan fingerprint density at radius 2 is 1.72 bits per heavy atom. The maximum absolute atomic E-state index is 10.9. The molecule has 3 rings (SSSR count). The van der Waals surface area contributed by atoms with E-state index >= 15 is 0 Å². The molecule has 0 amide bonds. The Morgan fingerprint density at radius 3 is 2.31 bits per heavy atom. The van der Waals surface area contributed by atoms with Crippen molar-refractivity contribution in [2.75, 3.05) is 30.4 Å². The molecule has 0 aliphatic heterocycles. The number of nitrogen functional groups attached to an aromatic ring is 1. The molecule has 0 aliphatic rings. The fourth-order valence-electron chi connectivity index (χ4n) is 3.05. The van der Waals surface area contributed by atoms with E-state index in [9.17, 15) is 13.5 Å². The Labute approximate surface area is 189 Å². The van der Waals surface area contributed by atoms with Gasteiger partial charge in [0.2, 0.25) is 0 Å². The normalized spacial score (nSPS) is 10.8. The van der Waals surface area contributed by atoms with E-state index in [1.165, 1.54) is 23.3 Å².